The monoisotopic (exact) mass is 576 g/mol. The van der Waals surface area contributed by atoms with Crippen molar-refractivity contribution in [1.29, 1.82) is 0 Å². The smallest absolute Gasteiger partial charge is 0.324 e. The van der Waals surface area contributed by atoms with E-state index in [2.05, 4.69) is 37.3 Å². The lowest BCUT2D eigenvalue weighted by Gasteiger charge is -2.11. The fraction of sp³-hybridized carbons (Fsp3) is 0.483. The minimum Gasteiger partial charge on any atom is -0.507 e. The third-order valence-corrected chi connectivity index (χ3v) is 9.51. The first-order chi connectivity index (χ1) is 18.5. The maximum absolute atomic E-state index is 11.4. The Morgan fingerprint density at radius 2 is 1.68 bits per heavy atom. The van der Waals surface area contributed by atoms with Gasteiger partial charge in [-0.15, -0.1) is 0 Å². The van der Waals surface area contributed by atoms with E-state index in [4.69, 9.17) is 20.9 Å². The lowest BCUT2D eigenvalue weighted by Crippen LogP contribution is -2.39. The average molecular weight is 577 g/mol. The van der Waals surface area contributed by atoms with Crippen LogP contribution in [0.15, 0.2) is 36.4 Å². The van der Waals surface area contributed by atoms with E-state index in [0.29, 0.717) is 19.0 Å². The van der Waals surface area contributed by atoms with E-state index in [1.165, 1.54) is 16.7 Å². The number of allylic oxidation sites excluding steroid dienone is 1. The molecule has 1 unspecified atom stereocenters. The zero-order valence-corrected chi connectivity index (χ0v) is 24.6. The molecule has 0 spiro atoms. The Balaban J connectivity index is 1.30. The van der Waals surface area contributed by atoms with Crippen LogP contribution in [0.2, 0.25) is 0 Å². The molecule has 2 aromatic rings. The van der Waals surface area contributed by atoms with Crippen LogP contribution in [0.3, 0.4) is 0 Å². The number of aryl methyl sites for hydroxylation is 2. The summed E-state index contributed by atoms with van der Waals surface area (Å²) >= 11 is 5.64. The van der Waals surface area contributed by atoms with Crippen molar-refractivity contribution < 1.29 is 19.4 Å². The van der Waals surface area contributed by atoms with Crippen LogP contribution in [0.4, 0.5) is 0 Å². The molecule has 6 nitrogen and oxygen atoms in total. The molecule has 0 saturated carbocycles. The van der Waals surface area contributed by atoms with E-state index in [-0.39, 0.29) is 6.54 Å². The minimum atomic E-state index is -0.716. The number of hydrogen-bond acceptors (Lipinski definition) is 9. The van der Waals surface area contributed by atoms with Gasteiger partial charge in [0, 0.05) is 46.6 Å². The molecule has 208 valence electrons. The number of hydrogen-bond donors (Lipinski definition) is 3. The fourth-order valence-corrected chi connectivity index (χ4v) is 6.94. The van der Waals surface area contributed by atoms with Crippen LogP contribution in [0.25, 0.3) is 11.6 Å². The van der Waals surface area contributed by atoms with Gasteiger partial charge in [0.1, 0.15) is 24.1 Å². The molecule has 1 atom stereocenters. The van der Waals surface area contributed by atoms with Crippen LogP contribution in [0, 0.1) is 6.92 Å². The highest BCUT2D eigenvalue weighted by molar-refractivity contribution is 8.04. The van der Waals surface area contributed by atoms with Gasteiger partial charge < -0.3 is 26.0 Å². The first kappa shape index (κ1) is 30.8. The minimum absolute atomic E-state index is 0.112. The molecule has 3 rings (SSSR count). The number of carbonyl (C=O) groups is 1. The van der Waals surface area contributed by atoms with Gasteiger partial charge in [-0.25, -0.2) is 0 Å². The summed E-state index contributed by atoms with van der Waals surface area (Å²) in [4.78, 5) is 11.4. The second-order valence-electron chi connectivity index (χ2n) is 9.10. The van der Waals surface area contributed by atoms with Gasteiger partial charge in [-0.2, -0.15) is 35.3 Å². The average Bonchev–Trinajstić information content (AvgIpc) is 3.14. The van der Waals surface area contributed by atoms with Crippen LogP contribution in [0.5, 0.6) is 11.5 Å². The molecule has 0 fully saturated rings. The topological polar surface area (TPSA) is 108 Å². The van der Waals surface area contributed by atoms with Crippen molar-refractivity contribution in [2.45, 2.75) is 32.2 Å². The van der Waals surface area contributed by atoms with Crippen LogP contribution in [-0.4, -0.2) is 71.4 Å². The SMILES string of the molecule is Cc1ccc(O)c(C2=Cc3cc(OCCSCCSCCSCCOC(=O)C(N)CN)ccc3CCC2)c1. The fourth-order valence-electron chi connectivity index (χ4n) is 4.04. The van der Waals surface area contributed by atoms with Crippen molar-refractivity contribution >= 4 is 52.9 Å². The molecule has 2 aromatic carbocycles. The summed E-state index contributed by atoms with van der Waals surface area (Å²) in [6, 6.07) is 11.5. The lowest BCUT2D eigenvalue weighted by atomic mass is 9.98. The zero-order valence-electron chi connectivity index (χ0n) is 22.2. The summed E-state index contributed by atoms with van der Waals surface area (Å²) in [6.45, 7) is 3.24. The Morgan fingerprint density at radius 3 is 2.42 bits per heavy atom. The predicted molar refractivity (Wildman–Crippen MR) is 166 cm³/mol. The number of rotatable bonds is 16. The highest BCUT2D eigenvalue weighted by Crippen LogP contribution is 2.35. The molecule has 38 heavy (non-hydrogen) atoms. The van der Waals surface area contributed by atoms with E-state index in [1.807, 2.05) is 29.6 Å². The quantitative estimate of drug-likeness (QED) is 0.188. The van der Waals surface area contributed by atoms with Crippen molar-refractivity contribution in [3.63, 3.8) is 0 Å². The maximum atomic E-state index is 11.4. The zero-order chi connectivity index (χ0) is 27.2. The number of thioether (sulfide) groups is 3. The molecule has 0 saturated heterocycles. The van der Waals surface area contributed by atoms with E-state index in [0.717, 1.165) is 70.7 Å². The third kappa shape index (κ3) is 10.4. The molecule has 5 N–H and O–H groups in total. The number of esters is 1. The molecule has 9 heteroatoms. The van der Waals surface area contributed by atoms with Crippen LogP contribution in [-0.2, 0) is 16.0 Å². The van der Waals surface area contributed by atoms with Gasteiger partial charge in [-0.3, -0.25) is 4.79 Å². The molecule has 0 aliphatic heterocycles. The van der Waals surface area contributed by atoms with Crippen LogP contribution in [0.1, 0.15) is 35.1 Å². The molecular weight excluding hydrogens is 537 g/mol. The second-order valence-corrected chi connectivity index (χ2v) is 12.8. The summed E-state index contributed by atoms with van der Waals surface area (Å²) in [7, 11) is 0. The normalized spacial score (nSPS) is 13.8. The van der Waals surface area contributed by atoms with Crippen LogP contribution >= 0.6 is 35.3 Å². The van der Waals surface area contributed by atoms with Crippen LogP contribution < -0.4 is 16.2 Å². The molecular formula is C29H40N2O4S3. The van der Waals surface area contributed by atoms with Crippen molar-refractivity contribution in [1.82, 2.24) is 0 Å². The summed E-state index contributed by atoms with van der Waals surface area (Å²) in [6.07, 6.45) is 5.28. The number of carbonyl (C=O) groups excluding carboxylic acids is 1. The number of phenolic OH excluding ortho intramolecular Hbond substituents is 1. The highest BCUT2D eigenvalue weighted by atomic mass is 32.2. The van der Waals surface area contributed by atoms with Crippen molar-refractivity contribution in [2.75, 3.05) is 54.3 Å². The van der Waals surface area contributed by atoms with Gasteiger partial charge in [0.15, 0.2) is 0 Å². The number of nitrogens with two attached hydrogens (primary N) is 2. The Hall–Kier alpha value is -1.78. The standard InChI is InChI=1S/C29H40N2O4S3/c1-21-5-8-28(32)26(17-21)23-4-2-3-22-6-7-25(19-24(22)18-23)34-9-11-36-13-15-38-16-14-37-12-10-35-29(33)27(31)20-30/h5-8,17-19,27,32H,2-4,9-16,20,30-31H2,1H3. The molecule has 0 bridgehead atoms. The first-order valence-corrected chi connectivity index (χ1v) is 16.6. The first-order valence-electron chi connectivity index (χ1n) is 13.1. The van der Waals surface area contributed by atoms with Gasteiger partial charge in [-0.05, 0) is 67.2 Å². The summed E-state index contributed by atoms with van der Waals surface area (Å²) in [5, 5.41) is 10.4. The Kier molecular flexibility index (Phi) is 13.8. The molecule has 0 heterocycles. The van der Waals surface area contributed by atoms with Gasteiger partial charge in [-0.1, -0.05) is 23.8 Å². The number of aromatic hydroxyl groups is 1. The molecule has 0 aromatic heterocycles. The van der Waals surface area contributed by atoms with Gasteiger partial charge in [0.25, 0.3) is 0 Å². The van der Waals surface area contributed by atoms with E-state index < -0.39 is 12.0 Å². The molecule has 1 aliphatic carbocycles. The molecule has 0 radical (unpaired) electrons. The second kappa shape index (κ2) is 17.0. The Morgan fingerprint density at radius 1 is 0.974 bits per heavy atom. The lowest BCUT2D eigenvalue weighted by molar-refractivity contribution is -0.144. The number of fused-ring (bicyclic) bond motifs is 1. The van der Waals surface area contributed by atoms with Gasteiger partial charge in [0.05, 0.1) is 6.61 Å². The largest absolute Gasteiger partial charge is 0.507 e. The Bertz CT molecular complexity index is 1060. The van der Waals surface area contributed by atoms with Gasteiger partial charge >= 0.3 is 5.97 Å². The molecule has 1 aliphatic rings. The predicted octanol–water partition coefficient (Wildman–Crippen LogP) is 4.99. The highest BCUT2D eigenvalue weighted by Gasteiger charge is 2.14. The molecule has 0 amide bonds. The van der Waals surface area contributed by atoms with E-state index in [9.17, 15) is 9.90 Å². The number of ether oxygens (including phenoxy) is 2. The van der Waals surface area contributed by atoms with Crippen molar-refractivity contribution in [2.24, 2.45) is 11.5 Å². The van der Waals surface area contributed by atoms with Crippen molar-refractivity contribution in [3.05, 3.63) is 58.7 Å². The van der Waals surface area contributed by atoms with Gasteiger partial charge in [0.2, 0.25) is 0 Å². The Labute approximate surface area is 239 Å². The summed E-state index contributed by atoms with van der Waals surface area (Å²) in [5.41, 5.74) is 16.7. The van der Waals surface area contributed by atoms with E-state index in [1.54, 1.807) is 17.8 Å². The number of phenols is 1. The summed E-state index contributed by atoms with van der Waals surface area (Å²) < 4.78 is 11.1. The summed E-state index contributed by atoms with van der Waals surface area (Å²) in [5.74, 6) is 6.91. The van der Waals surface area contributed by atoms with E-state index >= 15 is 0 Å². The maximum Gasteiger partial charge on any atom is 0.324 e. The number of benzene rings is 2. The van der Waals surface area contributed by atoms with Crippen molar-refractivity contribution in [3.8, 4) is 11.5 Å². The third-order valence-electron chi connectivity index (χ3n) is 6.11.